The minimum absolute atomic E-state index is 0.150. The van der Waals surface area contributed by atoms with Crippen LogP contribution in [0.15, 0.2) is 6.07 Å². The summed E-state index contributed by atoms with van der Waals surface area (Å²) in [6.07, 6.45) is -1.17. The van der Waals surface area contributed by atoms with Crippen LogP contribution in [0.4, 0.5) is 30.2 Å². The summed E-state index contributed by atoms with van der Waals surface area (Å²) in [5.74, 6) is -0.957. The maximum atomic E-state index is 13.7. The second-order valence-electron chi connectivity index (χ2n) is 6.88. The average Bonchev–Trinajstić information content (AvgIpc) is 2.65. The number of unbranched alkanes of at least 4 members (excludes halogenated alkanes) is 3. The molecule has 0 unspecified atom stereocenters. The summed E-state index contributed by atoms with van der Waals surface area (Å²) >= 11 is 0. The van der Waals surface area contributed by atoms with Gasteiger partial charge < -0.3 is 9.64 Å². The molecule has 0 fully saturated rings. The second-order valence-corrected chi connectivity index (χ2v) is 6.88. The van der Waals surface area contributed by atoms with Gasteiger partial charge in [0.2, 0.25) is 5.75 Å². The SMILES string of the molecule is CCCCCCOc1c(C(F)(F)F)cc([N+](=O)[O-])c(N(CCC)CCC)c1[N+](=O)[O-]. The number of nitro benzene ring substituents is 2. The molecule has 0 aliphatic carbocycles. The molecule has 170 valence electrons. The zero-order chi connectivity index (χ0) is 22.9. The van der Waals surface area contributed by atoms with Crippen molar-refractivity contribution in [3.8, 4) is 5.75 Å². The van der Waals surface area contributed by atoms with Crippen molar-refractivity contribution in [1.82, 2.24) is 0 Å². The van der Waals surface area contributed by atoms with E-state index in [1.54, 1.807) is 13.8 Å². The standard InChI is InChI=1S/C19H28F3N3O5/c1-4-7-8-9-12-30-18-14(19(20,21)22)13-15(24(26)27)16(17(18)25(28)29)23(10-5-2)11-6-3/h13H,4-12H2,1-3H3. The Hall–Kier alpha value is -2.59. The highest BCUT2D eigenvalue weighted by molar-refractivity contribution is 5.81. The predicted molar refractivity (Wildman–Crippen MR) is 107 cm³/mol. The lowest BCUT2D eigenvalue weighted by atomic mass is 10.1. The Morgan fingerprint density at radius 2 is 1.57 bits per heavy atom. The maximum absolute atomic E-state index is 13.7. The van der Waals surface area contributed by atoms with Crippen LogP contribution in [0.1, 0.15) is 64.9 Å². The molecule has 30 heavy (non-hydrogen) atoms. The van der Waals surface area contributed by atoms with Crippen LogP contribution in [0.3, 0.4) is 0 Å². The summed E-state index contributed by atoms with van der Waals surface area (Å²) in [6.45, 7) is 5.80. The van der Waals surface area contributed by atoms with Gasteiger partial charge in [0.1, 0.15) is 5.56 Å². The van der Waals surface area contributed by atoms with Gasteiger partial charge in [0.05, 0.1) is 16.5 Å². The molecular formula is C19H28F3N3O5. The predicted octanol–water partition coefficient (Wildman–Crippen LogP) is 6.11. The van der Waals surface area contributed by atoms with Gasteiger partial charge in [-0.05, 0) is 19.3 Å². The van der Waals surface area contributed by atoms with E-state index in [2.05, 4.69) is 0 Å². The number of ether oxygens (including phenoxy) is 1. The van der Waals surface area contributed by atoms with Gasteiger partial charge in [-0.25, -0.2) is 0 Å². The molecule has 11 heteroatoms. The maximum Gasteiger partial charge on any atom is 0.420 e. The van der Waals surface area contributed by atoms with E-state index in [4.69, 9.17) is 4.74 Å². The third kappa shape index (κ3) is 6.46. The first-order valence-electron chi connectivity index (χ1n) is 10.0. The molecule has 0 heterocycles. The molecule has 0 radical (unpaired) electrons. The molecule has 0 bridgehead atoms. The van der Waals surface area contributed by atoms with E-state index in [0.29, 0.717) is 31.7 Å². The Kier molecular flexibility index (Phi) is 9.80. The Bertz CT molecular complexity index is 735. The monoisotopic (exact) mass is 435 g/mol. The van der Waals surface area contributed by atoms with Gasteiger partial charge in [-0.15, -0.1) is 0 Å². The van der Waals surface area contributed by atoms with Crippen molar-refractivity contribution in [3.63, 3.8) is 0 Å². The number of hydrogen-bond acceptors (Lipinski definition) is 6. The molecule has 0 aromatic heterocycles. The lowest BCUT2D eigenvalue weighted by molar-refractivity contribution is -0.393. The fourth-order valence-electron chi connectivity index (χ4n) is 3.18. The first-order valence-corrected chi connectivity index (χ1v) is 10.0. The summed E-state index contributed by atoms with van der Waals surface area (Å²) in [5.41, 5.74) is -3.90. The van der Waals surface area contributed by atoms with Crippen LogP contribution in [0, 0.1) is 20.2 Å². The molecule has 1 aromatic rings. The second kappa shape index (κ2) is 11.6. The summed E-state index contributed by atoms with van der Waals surface area (Å²) in [4.78, 5) is 22.8. The van der Waals surface area contributed by atoms with Crippen molar-refractivity contribution in [3.05, 3.63) is 31.9 Å². The van der Waals surface area contributed by atoms with E-state index in [0.717, 1.165) is 12.8 Å². The molecule has 0 spiro atoms. The lowest BCUT2D eigenvalue weighted by Crippen LogP contribution is -2.27. The van der Waals surface area contributed by atoms with Gasteiger partial charge in [0, 0.05) is 19.2 Å². The number of nitrogens with zero attached hydrogens (tertiary/aromatic N) is 3. The van der Waals surface area contributed by atoms with Crippen LogP contribution in [-0.4, -0.2) is 29.5 Å². The normalized spacial score (nSPS) is 11.4. The largest absolute Gasteiger partial charge is 0.486 e. The molecule has 0 N–H and O–H groups in total. The first-order chi connectivity index (χ1) is 14.1. The molecule has 0 amide bonds. The minimum Gasteiger partial charge on any atom is -0.486 e. The fourth-order valence-corrected chi connectivity index (χ4v) is 3.18. The molecule has 0 atom stereocenters. The lowest BCUT2D eigenvalue weighted by Gasteiger charge is -2.25. The third-order valence-electron chi connectivity index (χ3n) is 4.44. The molecular weight excluding hydrogens is 407 g/mol. The molecule has 0 saturated carbocycles. The van der Waals surface area contributed by atoms with Crippen LogP contribution < -0.4 is 9.64 Å². The molecule has 0 aliphatic rings. The zero-order valence-corrected chi connectivity index (χ0v) is 17.5. The number of anilines is 1. The zero-order valence-electron chi connectivity index (χ0n) is 17.5. The van der Waals surface area contributed by atoms with Crippen LogP contribution in [-0.2, 0) is 6.18 Å². The van der Waals surface area contributed by atoms with Crippen molar-refractivity contribution < 1.29 is 27.8 Å². The van der Waals surface area contributed by atoms with Crippen molar-refractivity contribution >= 4 is 17.1 Å². The van der Waals surface area contributed by atoms with Gasteiger partial charge in [-0.1, -0.05) is 40.0 Å². The van der Waals surface area contributed by atoms with Gasteiger partial charge in [0.25, 0.3) is 0 Å². The van der Waals surface area contributed by atoms with Gasteiger partial charge in [-0.3, -0.25) is 20.2 Å². The summed E-state index contributed by atoms with van der Waals surface area (Å²) < 4.78 is 46.2. The number of rotatable bonds is 13. The quantitative estimate of drug-likeness (QED) is 0.211. The van der Waals surface area contributed by atoms with Crippen molar-refractivity contribution in [1.29, 1.82) is 0 Å². The smallest absolute Gasteiger partial charge is 0.420 e. The number of benzene rings is 1. The highest BCUT2D eigenvalue weighted by Gasteiger charge is 2.44. The van der Waals surface area contributed by atoms with Crippen molar-refractivity contribution in [2.24, 2.45) is 0 Å². The molecule has 8 nitrogen and oxygen atoms in total. The number of nitro groups is 2. The van der Waals surface area contributed by atoms with E-state index < -0.39 is 44.4 Å². The highest BCUT2D eigenvalue weighted by Crippen LogP contribution is 2.51. The van der Waals surface area contributed by atoms with Crippen molar-refractivity contribution in [2.45, 2.75) is 65.5 Å². The molecule has 0 aliphatic heterocycles. The summed E-state index contributed by atoms with van der Waals surface area (Å²) in [6, 6.07) is 0.349. The third-order valence-corrected chi connectivity index (χ3v) is 4.44. The molecule has 1 aromatic carbocycles. The van der Waals surface area contributed by atoms with E-state index in [1.807, 2.05) is 6.92 Å². The number of hydrogen-bond donors (Lipinski definition) is 0. The molecule has 0 saturated heterocycles. The van der Waals surface area contributed by atoms with Gasteiger partial charge >= 0.3 is 17.6 Å². The molecule has 1 rings (SSSR count). The number of halogens is 3. The average molecular weight is 435 g/mol. The number of alkyl halides is 3. The Labute approximate surface area is 173 Å². The van der Waals surface area contributed by atoms with Crippen LogP contribution >= 0.6 is 0 Å². The van der Waals surface area contributed by atoms with Gasteiger partial charge in [-0.2, -0.15) is 13.2 Å². The van der Waals surface area contributed by atoms with Crippen LogP contribution in [0.2, 0.25) is 0 Å². The topological polar surface area (TPSA) is 98.8 Å². The Morgan fingerprint density at radius 1 is 0.967 bits per heavy atom. The first kappa shape index (κ1) is 25.4. The Balaban J connectivity index is 3.74. The fraction of sp³-hybridized carbons (Fsp3) is 0.684. The summed E-state index contributed by atoms with van der Waals surface area (Å²) in [7, 11) is 0. The van der Waals surface area contributed by atoms with Crippen LogP contribution in [0.25, 0.3) is 0 Å². The van der Waals surface area contributed by atoms with E-state index in [9.17, 15) is 33.4 Å². The summed E-state index contributed by atoms with van der Waals surface area (Å²) in [5, 5.41) is 23.4. The van der Waals surface area contributed by atoms with E-state index in [-0.39, 0.29) is 19.7 Å². The minimum atomic E-state index is -5.05. The van der Waals surface area contributed by atoms with Crippen LogP contribution in [0.5, 0.6) is 5.75 Å². The van der Waals surface area contributed by atoms with E-state index in [1.165, 1.54) is 4.90 Å². The Morgan fingerprint density at radius 3 is 2.00 bits per heavy atom. The van der Waals surface area contributed by atoms with Gasteiger partial charge in [0.15, 0.2) is 5.69 Å². The highest BCUT2D eigenvalue weighted by atomic mass is 19.4. The van der Waals surface area contributed by atoms with E-state index >= 15 is 0 Å². The van der Waals surface area contributed by atoms with Crippen molar-refractivity contribution in [2.75, 3.05) is 24.6 Å².